The number of carbonyl (C=O) groups is 2. The Hall–Kier alpha value is -1.95. The third kappa shape index (κ3) is 4.33. The van der Waals surface area contributed by atoms with Crippen LogP contribution < -0.4 is 5.32 Å². The number of amides is 2. The predicted molar refractivity (Wildman–Crippen MR) is 67.6 cm³/mol. The Kier molecular flexibility index (Phi) is 5.95. The maximum absolute atomic E-state index is 13.3. The van der Waals surface area contributed by atoms with Gasteiger partial charge in [0.2, 0.25) is 0 Å². The van der Waals surface area contributed by atoms with Crippen LogP contribution in [0.4, 0.5) is 4.39 Å². The third-order valence-corrected chi connectivity index (χ3v) is 2.63. The lowest BCUT2D eigenvalue weighted by molar-refractivity contribution is -0.146. The van der Waals surface area contributed by atoms with Gasteiger partial charge in [0.05, 0.1) is 6.61 Å². The van der Waals surface area contributed by atoms with Crippen molar-refractivity contribution in [1.82, 2.24) is 10.2 Å². The summed E-state index contributed by atoms with van der Waals surface area (Å²) in [7, 11) is 0. The summed E-state index contributed by atoms with van der Waals surface area (Å²) < 4.78 is 13.3. The largest absolute Gasteiger partial charge is 0.395 e. The molecule has 2 amide bonds. The summed E-state index contributed by atoms with van der Waals surface area (Å²) in [5.41, 5.74) is 0.314. The molecular formula is C13H17FN2O3. The Morgan fingerprint density at radius 1 is 1.37 bits per heavy atom. The van der Waals surface area contributed by atoms with Gasteiger partial charge in [-0.05, 0) is 13.0 Å². The minimum Gasteiger partial charge on any atom is -0.395 e. The molecule has 0 unspecified atom stereocenters. The standard InChI is InChI=1S/C13H17FN2O3/c1-2-16(7-8-17)13(19)12(18)15-9-10-5-3-4-6-11(10)14/h3-6,17H,2,7-9H2,1H3,(H,15,18). The zero-order valence-electron chi connectivity index (χ0n) is 10.7. The van der Waals surface area contributed by atoms with Crippen LogP contribution in [-0.2, 0) is 16.1 Å². The summed E-state index contributed by atoms with van der Waals surface area (Å²) in [6, 6.07) is 6.02. The number of nitrogens with one attached hydrogen (secondary N) is 1. The van der Waals surface area contributed by atoms with Gasteiger partial charge >= 0.3 is 11.8 Å². The number of aliphatic hydroxyl groups excluding tert-OH is 1. The molecule has 6 heteroatoms. The highest BCUT2D eigenvalue weighted by atomic mass is 19.1. The number of rotatable bonds is 5. The third-order valence-electron chi connectivity index (χ3n) is 2.63. The topological polar surface area (TPSA) is 69.6 Å². The van der Waals surface area contributed by atoms with Crippen LogP contribution in [0.2, 0.25) is 0 Å². The van der Waals surface area contributed by atoms with Crippen LogP contribution >= 0.6 is 0 Å². The molecule has 0 aliphatic rings. The molecule has 0 heterocycles. The van der Waals surface area contributed by atoms with Gasteiger partial charge in [-0.3, -0.25) is 9.59 Å². The van der Waals surface area contributed by atoms with Gasteiger partial charge in [0.25, 0.3) is 0 Å². The van der Waals surface area contributed by atoms with Gasteiger partial charge < -0.3 is 15.3 Å². The van der Waals surface area contributed by atoms with E-state index in [4.69, 9.17) is 5.11 Å². The summed E-state index contributed by atoms with van der Waals surface area (Å²) >= 11 is 0. The van der Waals surface area contributed by atoms with Crippen molar-refractivity contribution < 1.29 is 19.1 Å². The fraction of sp³-hybridized carbons (Fsp3) is 0.385. The molecule has 19 heavy (non-hydrogen) atoms. The van der Waals surface area contributed by atoms with E-state index < -0.39 is 17.6 Å². The van der Waals surface area contributed by atoms with Crippen molar-refractivity contribution in [3.05, 3.63) is 35.6 Å². The van der Waals surface area contributed by atoms with Gasteiger partial charge in [0.15, 0.2) is 0 Å². The van der Waals surface area contributed by atoms with Gasteiger partial charge in [-0.1, -0.05) is 18.2 Å². The summed E-state index contributed by atoms with van der Waals surface area (Å²) in [4.78, 5) is 24.5. The zero-order valence-corrected chi connectivity index (χ0v) is 10.7. The maximum atomic E-state index is 13.3. The number of likely N-dealkylation sites (N-methyl/N-ethyl adjacent to an activating group) is 1. The van der Waals surface area contributed by atoms with E-state index in [0.29, 0.717) is 12.1 Å². The second-order valence-corrected chi connectivity index (χ2v) is 3.88. The lowest BCUT2D eigenvalue weighted by Crippen LogP contribution is -2.43. The molecular weight excluding hydrogens is 251 g/mol. The second kappa shape index (κ2) is 7.48. The highest BCUT2D eigenvalue weighted by molar-refractivity contribution is 6.34. The molecule has 0 atom stereocenters. The maximum Gasteiger partial charge on any atom is 0.311 e. The van der Waals surface area contributed by atoms with E-state index in [1.807, 2.05) is 0 Å². The fourth-order valence-corrected chi connectivity index (χ4v) is 1.56. The molecule has 0 saturated heterocycles. The van der Waals surface area contributed by atoms with Crippen LogP contribution in [0.15, 0.2) is 24.3 Å². The van der Waals surface area contributed by atoms with Crippen LogP contribution in [0.3, 0.4) is 0 Å². The molecule has 0 spiro atoms. The van der Waals surface area contributed by atoms with Gasteiger partial charge in [0, 0.05) is 25.2 Å². The van der Waals surface area contributed by atoms with Gasteiger partial charge in [-0.15, -0.1) is 0 Å². The van der Waals surface area contributed by atoms with Crippen molar-refractivity contribution in [2.24, 2.45) is 0 Å². The van der Waals surface area contributed by atoms with Crippen LogP contribution in [0.1, 0.15) is 12.5 Å². The molecule has 0 fully saturated rings. The zero-order chi connectivity index (χ0) is 14.3. The van der Waals surface area contributed by atoms with E-state index in [2.05, 4.69) is 5.32 Å². The van der Waals surface area contributed by atoms with Crippen LogP contribution in [0, 0.1) is 5.82 Å². The Morgan fingerprint density at radius 2 is 2.05 bits per heavy atom. The van der Waals surface area contributed by atoms with Gasteiger partial charge in [-0.2, -0.15) is 0 Å². The monoisotopic (exact) mass is 268 g/mol. The smallest absolute Gasteiger partial charge is 0.311 e. The number of carbonyl (C=O) groups excluding carboxylic acids is 2. The van der Waals surface area contributed by atoms with Crippen molar-refractivity contribution >= 4 is 11.8 Å². The molecule has 1 rings (SSSR count). The molecule has 0 aliphatic carbocycles. The SMILES string of the molecule is CCN(CCO)C(=O)C(=O)NCc1ccccc1F. The van der Waals surface area contributed by atoms with E-state index >= 15 is 0 Å². The lowest BCUT2D eigenvalue weighted by atomic mass is 10.2. The minimum atomic E-state index is -0.807. The summed E-state index contributed by atoms with van der Waals surface area (Å²) in [6.45, 7) is 1.88. The van der Waals surface area contributed by atoms with Crippen molar-refractivity contribution in [2.75, 3.05) is 19.7 Å². The van der Waals surface area contributed by atoms with Gasteiger partial charge in [0.1, 0.15) is 5.82 Å². The first-order valence-electron chi connectivity index (χ1n) is 6.01. The number of benzene rings is 1. The van der Waals surface area contributed by atoms with Crippen molar-refractivity contribution in [3.63, 3.8) is 0 Å². The molecule has 0 radical (unpaired) electrons. The summed E-state index contributed by atoms with van der Waals surface area (Å²) in [5, 5.41) is 11.1. The number of aliphatic hydroxyl groups is 1. The molecule has 2 N–H and O–H groups in total. The first-order chi connectivity index (χ1) is 9.10. The fourth-order valence-electron chi connectivity index (χ4n) is 1.56. The Balaban J connectivity index is 2.55. The van der Waals surface area contributed by atoms with Crippen LogP contribution in [0.5, 0.6) is 0 Å². The first kappa shape index (κ1) is 15.1. The normalized spacial score (nSPS) is 10.1. The molecule has 0 bridgehead atoms. The second-order valence-electron chi connectivity index (χ2n) is 3.88. The molecule has 0 aromatic heterocycles. The molecule has 5 nitrogen and oxygen atoms in total. The lowest BCUT2D eigenvalue weighted by Gasteiger charge is -2.18. The van der Waals surface area contributed by atoms with E-state index in [1.165, 1.54) is 17.0 Å². The molecule has 1 aromatic rings. The summed E-state index contributed by atoms with van der Waals surface area (Å²) in [5.74, 6) is -1.97. The number of nitrogens with zero attached hydrogens (tertiary/aromatic N) is 1. The Labute approximate surface area is 111 Å². The molecule has 0 saturated carbocycles. The van der Waals surface area contributed by atoms with Crippen molar-refractivity contribution in [2.45, 2.75) is 13.5 Å². The number of halogens is 1. The van der Waals surface area contributed by atoms with E-state index in [0.717, 1.165) is 0 Å². The van der Waals surface area contributed by atoms with E-state index in [1.54, 1.807) is 19.1 Å². The average Bonchev–Trinajstić information content (AvgIpc) is 2.42. The molecule has 1 aromatic carbocycles. The highest BCUT2D eigenvalue weighted by Gasteiger charge is 2.19. The number of hydrogen-bond donors (Lipinski definition) is 2. The van der Waals surface area contributed by atoms with Crippen molar-refractivity contribution in [3.8, 4) is 0 Å². The van der Waals surface area contributed by atoms with E-state index in [9.17, 15) is 14.0 Å². The minimum absolute atomic E-state index is 0.0477. The van der Waals surface area contributed by atoms with E-state index in [-0.39, 0.29) is 19.7 Å². The predicted octanol–water partition coefficient (Wildman–Crippen LogP) is 0.283. The molecule has 0 aliphatic heterocycles. The Bertz CT molecular complexity index is 451. The molecule has 104 valence electrons. The summed E-state index contributed by atoms with van der Waals surface area (Å²) in [6.07, 6.45) is 0. The van der Waals surface area contributed by atoms with Crippen molar-refractivity contribution in [1.29, 1.82) is 0 Å². The number of hydrogen-bond acceptors (Lipinski definition) is 3. The quantitative estimate of drug-likeness (QED) is 0.754. The van der Waals surface area contributed by atoms with Crippen LogP contribution in [-0.4, -0.2) is 41.5 Å². The van der Waals surface area contributed by atoms with Gasteiger partial charge in [-0.25, -0.2) is 4.39 Å². The average molecular weight is 268 g/mol. The highest BCUT2D eigenvalue weighted by Crippen LogP contribution is 2.05. The van der Waals surface area contributed by atoms with Crippen LogP contribution in [0.25, 0.3) is 0 Å². The Morgan fingerprint density at radius 3 is 2.63 bits per heavy atom. The first-order valence-corrected chi connectivity index (χ1v) is 6.01.